The molecule has 2 nitrogen and oxygen atoms in total. The van der Waals surface area contributed by atoms with Gasteiger partial charge in [0.1, 0.15) is 5.82 Å². The Labute approximate surface area is 111 Å². The lowest BCUT2D eigenvalue weighted by Gasteiger charge is -2.14. The lowest BCUT2D eigenvalue weighted by atomic mass is 9.97. The van der Waals surface area contributed by atoms with Crippen LogP contribution in [0.1, 0.15) is 22.7 Å². The van der Waals surface area contributed by atoms with Crippen LogP contribution in [0.5, 0.6) is 0 Å². The van der Waals surface area contributed by atoms with Gasteiger partial charge in [-0.25, -0.2) is 4.39 Å². The molecule has 0 aliphatic heterocycles. The summed E-state index contributed by atoms with van der Waals surface area (Å²) >= 11 is 5.64. The fourth-order valence-corrected chi connectivity index (χ4v) is 2.05. The van der Waals surface area contributed by atoms with E-state index in [1.165, 1.54) is 6.07 Å². The van der Waals surface area contributed by atoms with Crippen molar-refractivity contribution in [1.82, 2.24) is 4.98 Å². The zero-order valence-electron chi connectivity index (χ0n) is 10.0. The second kappa shape index (κ2) is 5.46. The summed E-state index contributed by atoms with van der Waals surface area (Å²) in [5, 5.41) is 0.132. The normalized spacial score (nSPS) is 12.4. The summed E-state index contributed by atoms with van der Waals surface area (Å²) in [6.45, 7) is 1.96. The molecule has 1 aromatic carbocycles. The summed E-state index contributed by atoms with van der Waals surface area (Å²) < 4.78 is 13.3. The number of nitrogens with zero attached hydrogens (tertiary/aromatic N) is 1. The number of nitrogens with two attached hydrogens (primary N) is 1. The molecule has 0 aliphatic carbocycles. The van der Waals surface area contributed by atoms with E-state index < -0.39 is 5.82 Å². The van der Waals surface area contributed by atoms with Gasteiger partial charge in [-0.15, -0.1) is 0 Å². The minimum Gasteiger partial charge on any atom is -0.324 e. The van der Waals surface area contributed by atoms with E-state index in [9.17, 15) is 4.39 Å². The van der Waals surface area contributed by atoms with Gasteiger partial charge < -0.3 is 5.73 Å². The maximum absolute atomic E-state index is 13.3. The summed E-state index contributed by atoms with van der Waals surface area (Å²) in [5.74, 6) is -0.409. The number of hydrogen-bond acceptors (Lipinski definition) is 2. The van der Waals surface area contributed by atoms with E-state index in [4.69, 9.17) is 17.3 Å². The number of halogens is 2. The smallest absolute Gasteiger partial charge is 0.142 e. The Hall–Kier alpha value is -1.45. The van der Waals surface area contributed by atoms with Gasteiger partial charge in [-0.1, -0.05) is 17.7 Å². The average molecular weight is 265 g/mol. The summed E-state index contributed by atoms with van der Waals surface area (Å²) in [6.07, 6.45) is 4.06. The highest BCUT2D eigenvalue weighted by Gasteiger charge is 2.10. The quantitative estimate of drug-likeness (QED) is 0.923. The Morgan fingerprint density at radius 2 is 2.17 bits per heavy atom. The van der Waals surface area contributed by atoms with Crippen molar-refractivity contribution in [2.24, 2.45) is 5.73 Å². The number of benzene rings is 1. The molecule has 18 heavy (non-hydrogen) atoms. The first kappa shape index (κ1) is 13.0. The minimum atomic E-state index is -0.409. The fraction of sp³-hybridized carbons (Fsp3) is 0.214. The molecule has 0 spiro atoms. The van der Waals surface area contributed by atoms with Crippen molar-refractivity contribution in [2.45, 2.75) is 19.4 Å². The largest absolute Gasteiger partial charge is 0.324 e. The van der Waals surface area contributed by atoms with E-state index in [-0.39, 0.29) is 11.1 Å². The molecule has 2 N–H and O–H groups in total. The van der Waals surface area contributed by atoms with Crippen molar-refractivity contribution in [3.8, 4) is 0 Å². The maximum atomic E-state index is 13.3. The van der Waals surface area contributed by atoms with Gasteiger partial charge in [0.2, 0.25) is 0 Å². The fourth-order valence-electron chi connectivity index (χ4n) is 1.93. The van der Waals surface area contributed by atoms with E-state index in [0.29, 0.717) is 6.42 Å². The van der Waals surface area contributed by atoms with Crippen LogP contribution in [0.2, 0.25) is 5.02 Å². The van der Waals surface area contributed by atoms with Crippen LogP contribution in [-0.2, 0) is 6.42 Å². The number of aromatic nitrogens is 1. The van der Waals surface area contributed by atoms with Crippen LogP contribution in [0.4, 0.5) is 4.39 Å². The van der Waals surface area contributed by atoms with Gasteiger partial charge >= 0.3 is 0 Å². The molecular formula is C14H14ClFN2. The number of pyridine rings is 1. The monoisotopic (exact) mass is 264 g/mol. The van der Waals surface area contributed by atoms with Gasteiger partial charge in [0.25, 0.3) is 0 Å². The molecular weight excluding hydrogens is 251 g/mol. The first-order chi connectivity index (χ1) is 8.58. The second-order valence-corrected chi connectivity index (χ2v) is 4.70. The van der Waals surface area contributed by atoms with E-state index in [1.807, 2.05) is 13.0 Å². The van der Waals surface area contributed by atoms with Crippen molar-refractivity contribution >= 4 is 11.6 Å². The van der Waals surface area contributed by atoms with Crippen LogP contribution in [0.25, 0.3) is 0 Å². The molecule has 0 fully saturated rings. The summed E-state index contributed by atoms with van der Waals surface area (Å²) in [7, 11) is 0. The molecule has 1 heterocycles. The predicted molar refractivity (Wildman–Crippen MR) is 71.0 cm³/mol. The van der Waals surface area contributed by atoms with E-state index in [0.717, 1.165) is 16.7 Å². The third-order valence-electron chi connectivity index (χ3n) is 2.90. The zero-order valence-corrected chi connectivity index (χ0v) is 10.8. The lowest BCUT2D eigenvalue weighted by molar-refractivity contribution is 0.622. The van der Waals surface area contributed by atoms with Crippen LogP contribution < -0.4 is 5.73 Å². The molecule has 0 amide bonds. The van der Waals surface area contributed by atoms with Crippen molar-refractivity contribution in [3.05, 3.63) is 64.2 Å². The Bertz CT molecular complexity index is 557. The molecule has 94 valence electrons. The van der Waals surface area contributed by atoms with Crippen molar-refractivity contribution in [2.75, 3.05) is 0 Å². The topological polar surface area (TPSA) is 38.9 Å². The molecule has 1 aromatic heterocycles. The molecule has 1 unspecified atom stereocenters. The van der Waals surface area contributed by atoms with Gasteiger partial charge in [0.05, 0.1) is 5.02 Å². The van der Waals surface area contributed by atoms with Crippen LogP contribution in [0.15, 0.2) is 36.7 Å². The Kier molecular flexibility index (Phi) is 3.94. The number of rotatable bonds is 3. The van der Waals surface area contributed by atoms with Crippen LogP contribution in [-0.4, -0.2) is 4.98 Å². The van der Waals surface area contributed by atoms with Crippen LogP contribution in [0.3, 0.4) is 0 Å². The van der Waals surface area contributed by atoms with E-state index in [2.05, 4.69) is 4.98 Å². The standard InChI is InChI=1S/C14H14ClFN2/c1-9-8-18-5-4-11(9)14(17)7-10-2-3-12(15)13(16)6-10/h2-6,8,14H,7,17H2,1H3. The van der Waals surface area contributed by atoms with Gasteiger partial charge in [0, 0.05) is 18.4 Å². The first-order valence-corrected chi connectivity index (χ1v) is 6.05. The van der Waals surface area contributed by atoms with Gasteiger partial charge in [0.15, 0.2) is 0 Å². The van der Waals surface area contributed by atoms with E-state index >= 15 is 0 Å². The Morgan fingerprint density at radius 1 is 1.39 bits per heavy atom. The zero-order chi connectivity index (χ0) is 13.1. The van der Waals surface area contributed by atoms with Crippen molar-refractivity contribution in [1.29, 1.82) is 0 Å². The minimum absolute atomic E-state index is 0.132. The van der Waals surface area contributed by atoms with Gasteiger partial charge in [-0.2, -0.15) is 0 Å². The van der Waals surface area contributed by atoms with Crippen molar-refractivity contribution < 1.29 is 4.39 Å². The summed E-state index contributed by atoms with van der Waals surface area (Å²) in [4.78, 5) is 4.03. The predicted octanol–water partition coefficient (Wildman–Crippen LogP) is 3.43. The molecule has 0 aliphatic rings. The average Bonchev–Trinajstić information content (AvgIpc) is 2.34. The highest BCUT2D eigenvalue weighted by Crippen LogP contribution is 2.21. The highest BCUT2D eigenvalue weighted by molar-refractivity contribution is 6.30. The number of hydrogen-bond donors (Lipinski definition) is 1. The first-order valence-electron chi connectivity index (χ1n) is 5.68. The molecule has 0 saturated heterocycles. The molecule has 4 heteroatoms. The van der Waals surface area contributed by atoms with Crippen LogP contribution >= 0.6 is 11.6 Å². The molecule has 0 saturated carbocycles. The molecule has 0 radical (unpaired) electrons. The van der Waals surface area contributed by atoms with Gasteiger partial charge in [-0.05, 0) is 48.2 Å². The third-order valence-corrected chi connectivity index (χ3v) is 3.21. The van der Waals surface area contributed by atoms with E-state index in [1.54, 1.807) is 24.5 Å². The Morgan fingerprint density at radius 3 is 2.83 bits per heavy atom. The third kappa shape index (κ3) is 2.86. The summed E-state index contributed by atoms with van der Waals surface area (Å²) in [6, 6.07) is 6.50. The second-order valence-electron chi connectivity index (χ2n) is 4.29. The lowest BCUT2D eigenvalue weighted by Crippen LogP contribution is -2.14. The SMILES string of the molecule is Cc1cnccc1C(N)Cc1ccc(Cl)c(F)c1. The van der Waals surface area contributed by atoms with Crippen molar-refractivity contribution in [3.63, 3.8) is 0 Å². The molecule has 0 bridgehead atoms. The highest BCUT2D eigenvalue weighted by atomic mass is 35.5. The number of aryl methyl sites for hydroxylation is 1. The molecule has 2 aromatic rings. The van der Waals surface area contributed by atoms with Gasteiger partial charge in [-0.3, -0.25) is 4.98 Å². The maximum Gasteiger partial charge on any atom is 0.142 e. The Balaban J connectivity index is 2.19. The molecule has 2 rings (SSSR count). The molecule has 1 atom stereocenters. The summed E-state index contributed by atoms with van der Waals surface area (Å²) in [5.41, 5.74) is 9.04. The van der Waals surface area contributed by atoms with Crippen LogP contribution in [0, 0.1) is 12.7 Å².